The quantitative estimate of drug-likeness (QED) is 0.587. The van der Waals surface area contributed by atoms with E-state index < -0.39 is 11.6 Å². The van der Waals surface area contributed by atoms with Crippen LogP contribution in [0.1, 0.15) is 20.3 Å². The lowest BCUT2D eigenvalue weighted by molar-refractivity contribution is -0.123. The van der Waals surface area contributed by atoms with Crippen LogP contribution in [0, 0.1) is 0 Å². The van der Waals surface area contributed by atoms with Crippen LogP contribution in [-0.2, 0) is 4.79 Å². The third-order valence-corrected chi connectivity index (χ3v) is 2.79. The van der Waals surface area contributed by atoms with E-state index in [9.17, 15) is 9.90 Å². The van der Waals surface area contributed by atoms with E-state index in [0.29, 0.717) is 12.2 Å². The summed E-state index contributed by atoms with van der Waals surface area (Å²) in [4.78, 5) is 11.3. The van der Waals surface area contributed by atoms with E-state index in [1.165, 1.54) is 0 Å². The van der Waals surface area contributed by atoms with Crippen molar-refractivity contribution in [3.63, 3.8) is 0 Å². The van der Waals surface area contributed by atoms with E-state index >= 15 is 0 Å². The first kappa shape index (κ1) is 13.7. The summed E-state index contributed by atoms with van der Waals surface area (Å²) in [6.07, 6.45) is 2.52. The lowest BCUT2D eigenvalue weighted by Crippen LogP contribution is -2.47. The first-order valence-corrected chi connectivity index (χ1v) is 6.07. The van der Waals surface area contributed by atoms with Crippen molar-refractivity contribution in [1.82, 2.24) is 5.32 Å². The molecule has 0 rings (SSSR count). The Balaban J connectivity index is 3.87. The third kappa shape index (κ3) is 5.47. The summed E-state index contributed by atoms with van der Waals surface area (Å²) in [5.74, 6) is 0.392. The zero-order valence-corrected chi connectivity index (χ0v) is 9.86. The second-order valence-electron chi connectivity index (χ2n) is 3.66. The third-order valence-electron chi connectivity index (χ3n) is 1.88. The molecule has 0 heterocycles. The topological polar surface area (TPSA) is 75.4 Å². The number of rotatable bonds is 6. The van der Waals surface area contributed by atoms with Crippen LogP contribution >= 0.6 is 11.8 Å². The van der Waals surface area contributed by atoms with Crippen molar-refractivity contribution in [3.8, 4) is 0 Å². The van der Waals surface area contributed by atoms with Crippen molar-refractivity contribution in [2.24, 2.45) is 5.73 Å². The Morgan fingerprint density at radius 3 is 2.71 bits per heavy atom. The van der Waals surface area contributed by atoms with Gasteiger partial charge in [0.05, 0.1) is 11.6 Å². The molecule has 0 aliphatic rings. The van der Waals surface area contributed by atoms with Crippen molar-refractivity contribution in [2.75, 3.05) is 18.6 Å². The maximum Gasteiger partial charge on any atom is 0.237 e. The Kier molecular flexibility index (Phi) is 6.15. The van der Waals surface area contributed by atoms with E-state index in [4.69, 9.17) is 5.73 Å². The highest BCUT2D eigenvalue weighted by Gasteiger charge is 2.21. The number of amides is 1. The minimum absolute atomic E-state index is 0.200. The van der Waals surface area contributed by atoms with Crippen LogP contribution < -0.4 is 11.1 Å². The summed E-state index contributed by atoms with van der Waals surface area (Å²) < 4.78 is 0. The van der Waals surface area contributed by atoms with Gasteiger partial charge in [0.15, 0.2) is 0 Å². The summed E-state index contributed by atoms with van der Waals surface area (Å²) in [5, 5.41) is 12.4. The molecule has 14 heavy (non-hydrogen) atoms. The van der Waals surface area contributed by atoms with Crippen molar-refractivity contribution in [1.29, 1.82) is 0 Å². The maximum atomic E-state index is 11.3. The fourth-order valence-corrected chi connectivity index (χ4v) is 1.68. The Bertz CT molecular complexity index is 186. The summed E-state index contributed by atoms with van der Waals surface area (Å²) in [5.41, 5.74) is 4.66. The van der Waals surface area contributed by atoms with Gasteiger partial charge in [-0.3, -0.25) is 4.79 Å². The molecule has 0 aliphatic heterocycles. The Morgan fingerprint density at radius 1 is 1.71 bits per heavy atom. The average Bonchev–Trinajstić information content (AvgIpc) is 2.13. The molecule has 0 saturated heterocycles. The fourth-order valence-electron chi connectivity index (χ4n) is 0.956. The molecule has 0 aromatic rings. The Morgan fingerprint density at radius 2 is 2.29 bits per heavy atom. The van der Waals surface area contributed by atoms with Crippen LogP contribution in [0.25, 0.3) is 0 Å². The standard InChI is InChI=1S/C9H20N2O2S/c1-4-7(10)8(12)11-5-9(2,13)6-14-3/h7,13H,4-6,10H2,1-3H3,(H,11,12)/t7-,9?/m0/s1. The molecule has 4 N–H and O–H groups in total. The SMILES string of the molecule is CC[C@H](N)C(=O)NCC(C)(O)CSC. The highest BCUT2D eigenvalue weighted by molar-refractivity contribution is 7.98. The van der Waals surface area contributed by atoms with Gasteiger partial charge >= 0.3 is 0 Å². The molecule has 0 aromatic carbocycles. The van der Waals surface area contributed by atoms with Gasteiger partial charge in [-0.25, -0.2) is 0 Å². The smallest absolute Gasteiger partial charge is 0.237 e. The predicted octanol–water partition coefficient (Wildman–Crippen LogP) is -0.0461. The molecular weight excluding hydrogens is 200 g/mol. The first-order valence-electron chi connectivity index (χ1n) is 4.67. The van der Waals surface area contributed by atoms with Gasteiger partial charge in [0.1, 0.15) is 0 Å². The molecule has 5 heteroatoms. The van der Waals surface area contributed by atoms with E-state index in [1.54, 1.807) is 18.7 Å². The fraction of sp³-hybridized carbons (Fsp3) is 0.889. The molecule has 0 spiro atoms. The Labute approximate surface area is 89.6 Å². The number of hydrogen-bond donors (Lipinski definition) is 3. The van der Waals surface area contributed by atoms with Gasteiger partial charge in [-0.05, 0) is 19.6 Å². The number of nitrogens with two attached hydrogens (primary N) is 1. The highest BCUT2D eigenvalue weighted by atomic mass is 32.2. The van der Waals surface area contributed by atoms with E-state index in [-0.39, 0.29) is 12.5 Å². The summed E-state index contributed by atoms with van der Waals surface area (Å²) in [6.45, 7) is 3.80. The molecular formula is C9H20N2O2S. The van der Waals surface area contributed by atoms with Gasteiger partial charge < -0.3 is 16.2 Å². The summed E-state index contributed by atoms with van der Waals surface area (Å²) >= 11 is 1.54. The lowest BCUT2D eigenvalue weighted by atomic mass is 10.1. The van der Waals surface area contributed by atoms with Crippen molar-refractivity contribution < 1.29 is 9.90 Å². The molecule has 4 nitrogen and oxygen atoms in total. The minimum atomic E-state index is -0.859. The molecule has 1 amide bonds. The first-order chi connectivity index (χ1) is 6.43. The van der Waals surface area contributed by atoms with Crippen LogP contribution in [0.5, 0.6) is 0 Å². The number of nitrogens with one attached hydrogen (secondary N) is 1. The predicted molar refractivity (Wildman–Crippen MR) is 60.3 cm³/mol. The highest BCUT2D eigenvalue weighted by Crippen LogP contribution is 2.08. The van der Waals surface area contributed by atoms with E-state index in [0.717, 1.165) is 0 Å². The van der Waals surface area contributed by atoms with Gasteiger partial charge in [0.25, 0.3) is 0 Å². The molecule has 0 bridgehead atoms. The minimum Gasteiger partial charge on any atom is -0.387 e. The zero-order chi connectivity index (χ0) is 11.2. The van der Waals surface area contributed by atoms with Gasteiger partial charge in [-0.2, -0.15) is 11.8 Å². The molecule has 84 valence electrons. The largest absolute Gasteiger partial charge is 0.387 e. The number of thioether (sulfide) groups is 1. The normalized spacial score (nSPS) is 17.2. The van der Waals surface area contributed by atoms with E-state index in [2.05, 4.69) is 5.32 Å². The molecule has 0 saturated carbocycles. The van der Waals surface area contributed by atoms with Crippen LogP contribution in [-0.4, -0.2) is 41.2 Å². The number of hydrogen-bond acceptors (Lipinski definition) is 4. The molecule has 0 radical (unpaired) electrons. The molecule has 0 aliphatic carbocycles. The lowest BCUT2D eigenvalue weighted by Gasteiger charge is -2.23. The molecule has 1 unspecified atom stereocenters. The monoisotopic (exact) mass is 220 g/mol. The maximum absolute atomic E-state index is 11.3. The van der Waals surface area contributed by atoms with Crippen molar-refractivity contribution >= 4 is 17.7 Å². The second-order valence-corrected chi connectivity index (χ2v) is 4.53. The molecule has 0 fully saturated rings. The summed E-state index contributed by atoms with van der Waals surface area (Å²) in [7, 11) is 0. The van der Waals surface area contributed by atoms with Crippen LogP contribution in [0.3, 0.4) is 0 Å². The van der Waals surface area contributed by atoms with Gasteiger partial charge in [-0.15, -0.1) is 0 Å². The van der Waals surface area contributed by atoms with Gasteiger partial charge in [0.2, 0.25) is 5.91 Å². The summed E-state index contributed by atoms with van der Waals surface area (Å²) in [6, 6.07) is -0.472. The number of aliphatic hydroxyl groups is 1. The molecule has 2 atom stereocenters. The number of carbonyl (C=O) groups is 1. The van der Waals surface area contributed by atoms with E-state index in [1.807, 2.05) is 13.2 Å². The van der Waals surface area contributed by atoms with Gasteiger partial charge in [-0.1, -0.05) is 6.92 Å². The number of carbonyl (C=O) groups excluding carboxylic acids is 1. The average molecular weight is 220 g/mol. The van der Waals surface area contributed by atoms with Crippen molar-refractivity contribution in [2.45, 2.75) is 31.9 Å². The van der Waals surface area contributed by atoms with Crippen molar-refractivity contribution in [3.05, 3.63) is 0 Å². The van der Waals surface area contributed by atoms with Gasteiger partial charge in [0, 0.05) is 12.3 Å². The van der Waals surface area contributed by atoms with Crippen LogP contribution in [0.2, 0.25) is 0 Å². The molecule has 0 aromatic heterocycles. The zero-order valence-electron chi connectivity index (χ0n) is 9.04. The Hall–Kier alpha value is -0.260. The van der Waals surface area contributed by atoms with Crippen LogP contribution in [0.4, 0.5) is 0 Å². The van der Waals surface area contributed by atoms with Crippen LogP contribution in [0.15, 0.2) is 0 Å². The second kappa shape index (κ2) is 6.27.